The maximum absolute atomic E-state index is 13.2. The summed E-state index contributed by atoms with van der Waals surface area (Å²) in [4.78, 5) is 4.23. The number of pyridine rings is 1. The Morgan fingerprint density at radius 3 is 2.59 bits per heavy atom. The molecule has 1 N–H and O–H groups in total. The van der Waals surface area contributed by atoms with Gasteiger partial charge < -0.3 is 5.11 Å². The minimum absolute atomic E-state index is 0.0388. The maximum atomic E-state index is 13.2. The summed E-state index contributed by atoms with van der Waals surface area (Å²) in [5.74, 6) is -3.21. The first-order valence-electron chi connectivity index (χ1n) is 5.97. The number of phenols is 1. The van der Waals surface area contributed by atoms with Crippen molar-refractivity contribution in [1.29, 1.82) is 0 Å². The zero-order valence-corrected chi connectivity index (χ0v) is 12.8. The van der Waals surface area contributed by atoms with Crippen LogP contribution in [-0.4, -0.2) is 20.7 Å². The molecule has 0 atom stereocenters. The van der Waals surface area contributed by atoms with Crippen LogP contribution in [0.15, 0.2) is 39.7 Å². The normalized spacial score (nSPS) is 11.6. The molecule has 0 saturated carbocycles. The fourth-order valence-electron chi connectivity index (χ4n) is 1.70. The van der Waals surface area contributed by atoms with Crippen molar-refractivity contribution >= 4 is 44.9 Å². The Morgan fingerprint density at radius 1 is 1.18 bits per heavy atom. The quantitative estimate of drug-likeness (QED) is 0.549. The molecule has 0 unspecified atom stereocenters. The molecule has 5 nitrogen and oxygen atoms in total. The van der Waals surface area contributed by atoms with E-state index in [1.165, 1.54) is 11.8 Å². The van der Waals surface area contributed by atoms with Crippen molar-refractivity contribution in [1.82, 2.24) is 9.36 Å². The van der Waals surface area contributed by atoms with Gasteiger partial charge in [0.2, 0.25) is 0 Å². The Balaban J connectivity index is 1.96. The van der Waals surface area contributed by atoms with Crippen molar-refractivity contribution in [2.24, 2.45) is 10.2 Å². The Bertz CT molecular complexity index is 859. The average molecular weight is 338 g/mol. The molecular formula is C13H8F2N4OS2. The summed E-state index contributed by atoms with van der Waals surface area (Å²) in [6.45, 7) is 0. The average Bonchev–Trinajstić information content (AvgIpc) is 2.92. The number of rotatable bonds is 3. The molecule has 0 spiro atoms. The number of hydrogen-bond acceptors (Lipinski definition) is 7. The molecule has 1 aromatic carbocycles. The lowest BCUT2D eigenvalue weighted by Crippen LogP contribution is -1.81. The van der Waals surface area contributed by atoms with E-state index in [1.807, 2.05) is 12.3 Å². The van der Waals surface area contributed by atoms with E-state index in [0.29, 0.717) is 10.4 Å². The number of halogens is 2. The van der Waals surface area contributed by atoms with E-state index in [4.69, 9.17) is 5.11 Å². The van der Waals surface area contributed by atoms with Crippen LogP contribution in [0.5, 0.6) is 5.75 Å². The molecule has 3 aromatic rings. The summed E-state index contributed by atoms with van der Waals surface area (Å²) in [6.07, 6.45) is 3.55. The van der Waals surface area contributed by atoms with E-state index >= 15 is 0 Å². The lowest BCUT2D eigenvalue weighted by molar-refractivity contribution is 0.396. The number of azo groups is 1. The second kappa shape index (κ2) is 5.93. The van der Waals surface area contributed by atoms with E-state index in [-0.39, 0.29) is 5.69 Å². The van der Waals surface area contributed by atoms with Gasteiger partial charge in [0.25, 0.3) is 0 Å². The van der Waals surface area contributed by atoms with Crippen molar-refractivity contribution < 1.29 is 13.9 Å². The Morgan fingerprint density at radius 2 is 1.91 bits per heavy atom. The SMILES string of the molecule is CSc1cc2nsc(N=Nc3cc(F)c(O)c(F)c3)c2cn1. The molecule has 0 fully saturated rings. The van der Waals surface area contributed by atoms with Gasteiger partial charge in [-0.25, -0.2) is 13.8 Å². The third-order valence-corrected chi connectivity index (χ3v) is 4.19. The molecule has 9 heteroatoms. The first-order chi connectivity index (χ1) is 10.6. The summed E-state index contributed by atoms with van der Waals surface area (Å²) in [5, 5.41) is 18.8. The van der Waals surface area contributed by atoms with E-state index < -0.39 is 17.4 Å². The van der Waals surface area contributed by atoms with Crippen molar-refractivity contribution in [3.05, 3.63) is 36.0 Å². The minimum atomic E-state index is -1.09. The Kier molecular flexibility index (Phi) is 3.99. The van der Waals surface area contributed by atoms with E-state index in [9.17, 15) is 8.78 Å². The van der Waals surface area contributed by atoms with Crippen LogP contribution in [0.25, 0.3) is 10.9 Å². The van der Waals surface area contributed by atoms with Gasteiger partial charge in [-0.15, -0.1) is 22.0 Å². The summed E-state index contributed by atoms with van der Waals surface area (Å²) in [6, 6.07) is 3.62. The molecule has 112 valence electrons. The zero-order chi connectivity index (χ0) is 15.7. The summed E-state index contributed by atoms with van der Waals surface area (Å²) in [7, 11) is 0. The summed E-state index contributed by atoms with van der Waals surface area (Å²) in [5.41, 5.74) is 0.699. The molecule has 2 heterocycles. The van der Waals surface area contributed by atoms with Gasteiger partial charge in [-0.3, -0.25) is 0 Å². The molecule has 0 amide bonds. The molecule has 0 aliphatic rings. The monoisotopic (exact) mass is 338 g/mol. The van der Waals surface area contributed by atoms with Gasteiger partial charge in [-0.1, -0.05) is 0 Å². The highest BCUT2D eigenvalue weighted by Crippen LogP contribution is 2.33. The fourth-order valence-corrected chi connectivity index (χ4v) is 2.76. The fraction of sp³-hybridized carbons (Fsp3) is 0.0769. The molecule has 0 bridgehead atoms. The van der Waals surface area contributed by atoms with Gasteiger partial charge in [-0.2, -0.15) is 4.37 Å². The molecule has 0 aliphatic heterocycles. The first-order valence-corrected chi connectivity index (χ1v) is 7.97. The molecule has 0 radical (unpaired) electrons. The van der Waals surface area contributed by atoms with E-state index in [2.05, 4.69) is 19.6 Å². The predicted molar refractivity (Wildman–Crippen MR) is 81.4 cm³/mol. The third kappa shape index (κ3) is 2.77. The van der Waals surface area contributed by atoms with Crippen molar-refractivity contribution in [2.75, 3.05) is 6.26 Å². The van der Waals surface area contributed by atoms with Crippen LogP contribution in [-0.2, 0) is 0 Å². The lowest BCUT2D eigenvalue weighted by Gasteiger charge is -1.98. The van der Waals surface area contributed by atoms with Crippen LogP contribution >= 0.6 is 23.3 Å². The highest BCUT2D eigenvalue weighted by Gasteiger charge is 2.10. The Labute approximate surface area is 131 Å². The number of benzene rings is 1. The molecule has 2 aromatic heterocycles. The molecule has 0 saturated heterocycles. The lowest BCUT2D eigenvalue weighted by atomic mass is 10.3. The second-order valence-electron chi connectivity index (χ2n) is 4.19. The van der Waals surface area contributed by atoms with Crippen LogP contribution in [0.2, 0.25) is 0 Å². The van der Waals surface area contributed by atoms with Crippen molar-refractivity contribution in [3.63, 3.8) is 0 Å². The van der Waals surface area contributed by atoms with Crippen LogP contribution in [0.1, 0.15) is 0 Å². The number of aromatic nitrogens is 2. The van der Waals surface area contributed by atoms with Gasteiger partial charge in [0.05, 0.1) is 21.6 Å². The van der Waals surface area contributed by atoms with Crippen LogP contribution in [0, 0.1) is 11.6 Å². The number of nitrogens with zero attached hydrogens (tertiary/aromatic N) is 4. The van der Waals surface area contributed by atoms with E-state index in [1.54, 1.807) is 6.20 Å². The number of thioether (sulfide) groups is 1. The van der Waals surface area contributed by atoms with Gasteiger partial charge >= 0.3 is 0 Å². The predicted octanol–water partition coefficient (Wildman–Crippen LogP) is 4.81. The van der Waals surface area contributed by atoms with Crippen LogP contribution in [0.4, 0.5) is 19.5 Å². The highest BCUT2D eigenvalue weighted by molar-refractivity contribution is 7.98. The molecule has 22 heavy (non-hydrogen) atoms. The topological polar surface area (TPSA) is 70.7 Å². The van der Waals surface area contributed by atoms with Crippen molar-refractivity contribution in [2.45, 2.75) is 5.03 Å². The molecular weight excluding hydrogens is 330 g/mol. The first kappa shape index (κ1) is 14.8. The van der Waals surface area contributed by atoms with Gasteiger partial charge in [0.1, 0.15) is 0 Å². The van der Waals surface area contributed by atoms with Crippen LogP contribution < -0.4 is 0 Å². The number of aromatic hydroxyl groups is 1. The number of hydrogen-bond donors (Lipinski definition) is 1. The van der Waals surface area contributed by atoms with Gasteiger partial charge in [0, 0.05) is 18.3 Å². The number of fused-ring (bicyclic) bond motifs is 1. The zero-order valence-electron chi connectivity index (χ0n) is 11.1. The molecule has 0 aliphatic carbocycles. The van der Waals surface area contributed by atoms with Gasteiger partial charge in [-0.05, 0) is 23.9 Å². The Hall–Kier alpha value is -2.13. The largest absolute Gasteiger partial charge is 0.503 e. The molecule has 3 rings (SSSR count). The van der Waals surface area contributed by atoms with Crippen molar-refractivity contribution in [3.8, 4) is 5.75 Å². The highest BCUT2D eigenvalue weighted by atomic mass is 32.2. The summed E-state index contributed by atoms with van der Waals surface area (Å²) < 4.78 is 30.7. The standard InChI is InChI=1S/C13H8F2N4OS2/c1-21-11-4-10-7(5-16-11)13(22-19-10)18-17-6-2-8(14)12(20)9(15)3-6/h2-5,20H,1H3. The third-order valence-electron chi connectivity index (χ3n) is 2.78. The van der Waals surface area contributed by atoms with Crippen LogP contribution in [0.3, 0.4) is 0 Å². The maximum Gasteiger partial charge on any atom is 0.187 e. The number of phenolic OH excluding ortho intramolecular Hbond substituents is 1. The minimum Gasteiger partial charge on any atom is -0.503 e. The van der Waals surface area contributed by atoms with E-state index in [0.717, 1.165) is 34.2 Å². The second-order valence-corrected chi connectivity index (χ2v) is 5.77. The summed E-state index contributed by atoms with van der Waals surface area (Å²) >= 11 is 2.62. The smallest absolute Gasteiger partial charge is 0.187 e. The van der Waals surface area contributed by atoms with Gasteiger partial charge in [0.15, 0.2) is 22.4 Å².